The molecule has 0 saturated carbocycles. The first-order chi connectivity index (χ1) is 17.6. The maximum atomic E-state index is 12.6. The summed E-state index contributed by atoms with van der Waals surface area (Å²) < 4.78 is 21.9. The maximum absolute atomic E-state index is 12.6. The van der Waals surface area contributed by atoms with Crippen LogP contribution in [-0.4, -0.2) is 42.5 Å². The zero-order valence-electron chi connectivity index (χ0n) is 19.6. The second-order valence-electron chi connectivity index (χ2n) is 7.29. The van der Waals surface area contributed by atoms with Gasteiger partial charge in [-0.2, -0.15) is 5.10 Å². The van der Waals surface area contributed by atoms with Crippen molar-refractivity contribution in [1.29, 1.82) is 0 Å². The van der Waals surface area contributed by atoms with Crippen molar-refractivity contribution in [2.75, 3.05) is 19.5 Å². The van der Waals surface area contributed by atoms with E-state index >= 15 is 0 Å². The molecule has 9 nitrogen and oxygen atoms in total. The molecular weight excluding hydrogens is 482 g/mol. The molecule has 0 radical (unpaired) electrons. The highest BCUT2D eigenvalue weighted by Crippen LogP contribution is 2.29. The van der Waals surface area contributed by atoms with Crippen molar-refractivity contribution in [3.8, 4) is 17.2 Å². The van der Waals surface area contributed by atoms with Crippen LogP contribution in [0.5, 0.6) is 17.2 Å². The summed E-state index contributed by atoms with van der Waals surface area (Å²) in [5, 5.41) is 4.40. The largest absolute Gasteiger partial charge is 0.497 e. The van der Waals surface area contributed by atoms with E-state index in [2.05, 4.69) is 15.5 Å². The number of carbonyl (C=O) groups is 2. The number of hydrazone groups is 1. The van der Waals surface area contributed by atoms with Gasteiger partial charge in [0.15, 0.2) is 17.1 Å². The van der Waals surface area contributed by atoms with E-state index < -0.39 is 5.97 Å². The normalized spacial score (nSPS) is 10.9. The molecule has 10 heteroatoms. The number of hydrogen-bond acceptors (Lipinski definition) is 9. The minimum Gasteiger partial charge on any atom is -0.497 e. The summed E-state index contributed by atoms with van der Waals surface area (Å²) in [5.41, 5.74) is 4.87. The van der Waals surface area contributed by atoms with Crippen molar-refractivity contribution < 1.29 is 28.2 Å². The standard InChI is InChI=1S/C26H23N3O6S/c1-3-33-23-13-17(11-12-22(23)34-25(31)18-7-6-8-19(14-18)32-2)15-27-29-24(30)16-36-26-28-20-9-4-5-10-21(20)35-26/h4-15H,3,16H2,1-2H3,(H,29,30). The van der Waals surface area contributed by atoms with E-state index in [4.69, 9.17) is 18.6 Å². The monoisotopic (exact) mass is 505 g/mol. The number of amides is 1. The summed E-state index contributed by atoms with van der Waals surface area (Å²) in [7, 11) is 1.52. The smallest absolute Gasteiger partial charge is 0.343 e. The van der Waals surface area contributed by atoms with E-state index in [1.807, 2.05) is 31.2 Å². The Kier molecular flexibility index (Phi) is 8.20. The lowest BCUT2D eigenvalue weighted by Crippen LogP contribution is -2.19. The van der Waals surface area contributed by atoms with Gasteiger partial charge in [0.1, 0.15) is 11.3 Å². The minimum absolute atomic E-state index is 0.0908. The van der Waals surface area contributed by atoms with Crippen LogP contribution in [0.1, 0.15) is 22.8 Å². The van der Waals surface area contributed by atoms with Gasteiger partial charge in [0, 0.05) is 0 Å². The SMILES string of the molecule is CCOc1cc(C=NNC(=O)CSc2nc3ccccc3o2)ccc1OC(=O)c1cccc(OC)c1. The van der Waals surface area contributed by atoms with Gasteiger partial charge in [-0.1, -0.05) is 30.0 Å². The Balaban J connectivity index is 1.35. The number of oxazole rings is 1. The molecule has 0 fully saturated rings. The number of methoxy groups -OCH3 is 1. The average molecular weight is 506 g/mol. The van der Waals surface area contributed by atoms with E-state index in [0.717, 1.165) is 5.52 Å². The lowest BCUT2D eigenvalue weighted by Gasteiger charge is -2.11. The number of benzene rings is 3. The highest BCUT2D eigenvalue weighted by Gasteiger charge is 2.14. The predicted octanol–water partition coefficient (Wildman–Crippen LogP) is 4.70. The van der Waals surface area contributed by atoms with Crippen molar-refractivity contribution in [1.82, 2.24) is 10.4 Å². The summed E-state index contributed by atoms with van der Waals surface area (Å²) in [6.45, 7) is 2.19. The molecule has 0 atom stereocenters. The van der Waals surface area contributed by atoms with Gasteiger partial charge in [-0.25, -0.2) is 15.2 Å². The molecule has 4 rings (SSSR count). The molecule has 0 aliphatic carbocycles. The van der Waals surface area contributed by atoms with Crippen molar-refractivity contribution in [2.45, 2.75) is 12.1 Å². The molecule has 0 unspecified atom stereocenters. The van der Waals surface area contributed by atoms with Gasteiger partial charge in [-0.3, -0.25) is 4.79 Å². The quantitative estimate of drug-likeness (QED) is 0.109. The van der Waals surface area contributed by atoms with Crippen LogP contribution in [0.4, 0.5) is 0 Å². The van der Waals surface area contributed by atoms with Gasteiger partial charge in [0.2, 0.25) is 0 Å². The predicted molar refractivity (Wildman–Crippen MR) is 136 cm³/mol. The summed E-state index contributed by atoms with van der Waals surface area (Å²) in [6.07, 6.45) is 1.47. The zero-order chi connectivity index (χ0) is 25.3. The van der Waals surface area contributed by atoms with Gasteiger partial charge >= 0.3 is 5.97 Å². The lowest BCUT2D eigenvalue weighted by molar-refractivity contribution is -0.118. The summed E-state index contributed by atoms with van der Waals surface area (Å²) in [5.74, 6) is 0.423. The van der Waals surface area contributed by atoms with Crippen molar-refractivity contribution in [3.63, 3.8) is 0 Å². The van der Waals surface area contributed by atoms with Gasteiger partial charge in [-0.05, 0) is 61.0 Å². The van der Waals surface area contributed by atoms with E-state index in [-0.39, 0.29) is 17.4 Å². The van der Waals surface area contributed by atoms with Crippen molar-refractivity contribution in [3.05, 3.63) is 77.9 Å². The average Bonchev–Trinajstić information content (AvgIpc) is 3.32. The fraction of sp³-hybridized carbons (Fsp3) is 0.154. The number of carbonyl (C=O) groups excluding carboxylic acids is 2. The first-order valence-electron chi connectivity index (χ1n) is 11.0. The third-order valence-corrected chi connectivity index (χ3v) is 5.61. The number of ether oxygens (including phenoxy) is 3. The fourth-order valence-corrected chi connectivity index (χ4v) is 3.75. The Morgan fingerprint density at radius 3 is 2.75 bits per heavy atom. The maximum Gasteiger partial charge on any atom is 0.343 e. The number of aromatic nitrogens is 1. The fourth-order valence-electron chi connectivity index (χ4n) is 3.12. The molecule has 0 saturated heterocycles. The van der Waals surface area contributed by atoms with E-state index in [0.29, 0.717) is 40.0 Å². The van der Waals surface area contributed by atoms with Gasteiger partial charge in [0.25, 0.3) is 11.1 Å². The summed E-state index contributed by atoms with van der Waals surface area (Å²) in [6, 6.07) is 19.0. The van der Waals surface area contributed by atoms with Crippen LogP contribution in [0, 0.1) is 0 Å². The molecule has 1 N–H and O–H groups in total. The molecule has 3 aromatic carbocycles. The van der Waals surface area contributed by atoms with Crippen molar-refractivity contribution >= 4 is 41.0 Å². The van der Waals surface area contributed by atoms with Crippen LogP contribution in [0.3, 0.4) is 0 Å². The first-order valence-corrected chi connectivity index (χ1v) is 12.0. The highest BCUT2D eigenvalue weighted by molar-refractivity contribution is 7.99. The number of esters is 1. The Morgan fingerprint density at radius 1 is 1.08 bits per heavy atom. The number of rotatable bonds is 10. The second kappa shape index (κ2) is 11.9. The second-order valence-corrected chi connectivity index (χ2v) is 8.22. The molecule has 0 bridgehead atoms. The van der Waals surface area contributed by atoms with Crippen LogP contribution in [0.2, 0.25) is 0 Å². The Morgan fingerprint density at radius 2 is 1.94 bits per heavy atom. The molecule has 4 aromatic rings. The van der Waals surface area contributed by atoms with Crippen molar-refractivity contribution in [2.24, 2.45) is 5.10 Å². The molecule has 0 spiro atoms. The molecule has 184 valence electrons. The van der Waals surface area contributed by atoms with Crippen LogP contribution in [-0.2, 0) is 4.79 Å². The summed E-state index contributed by atoms with van der Waals surface area (Å²) >= 11 is 1.18. The molecule has 0 aliphatic rings. The number of nitrogens with one attached hydrogen (secondary N) is 1. The van der Waals surface area contributed by atoms with Crippen LogP contribution in [0.25, 0.3) is 11.1 Å². The third-order valence-electron chi connectivity index (χ3n) is 4.78. The van der Waals surface area contributed by atoms with Crippen LogP contribution >= 0.6 is 11.8 Å². The first kappa shape index (κ1) is 24.8. The van der Waals surface area contributed by atoms with Crippen LogP contribution < -0.4 is 19.6 Å². The van der Waals surface area contributed by atoms with E-state index in [1.165, 1.54) is 25.1 Å². The molecular formula is C26H23N3O6S. The van der Waals surface area contributed by atoms with E-state index in [9.17, 15) is 9.59 Å². The molecule has 36 heavy (non-hydrogen) atoms. The van der Waals surface area contributed by atoms with Crippen LogP contribution in [0.15, 0.2) is 81.5 Å². The number of para-hydroxylation sites is 2. The number of hydrogen-bond donors (Lipinski definition) is 1. The topological polar surface area (TPSA) is 112 Å². The zero-order valence-corrected chi connectivity index (χ0v) is 20.4. The Labute approximate surface area is 211 Å². The number of fused-ring (bicyclic) bond motifs is 1. The third kappa shape index (κ3) is 6.42. The van der Waals surface area contributed by atoms with Gasteiger partial charge in [-0.15, -0.1) is 0 Å². The number of thioether (sulfide) groups is 1. The Bertz CT molecular complexity index is 1370. The molecule has 1 heterocycles. The summed E-state index contributed by atoms with van der Waals surface area (Å²) in [4.78, 5) is 29.0. The van der Waals surface area contributed by atoms with E-state index in [1.54, 1.807) is 42.5 Å². The highest BCUT2D eigenvalue weighted by atomic mass is 32.2. The molecule has 1 amide bonds. The Hall–Kier alpha value is -4.31. The molecule has 1 aromatic heterocycles. The number of nitrogens with zero attached hydrogens (tertiary/aromatic N) is 2. The minimum atomic E-state index is -0.542. The molecule has 0 aliphatic heterocycles. The van der Waals surface area contributed by atoms with Gasteiger partial charge < -0.3 is 18.6 Å². The lowest BCUT2D eigenvalue weighted by atomic mass is 10.2. The van der Waals surface area contributed by atoms with Gasteiger partial charge in [0.05, 0.1) is 31.2 Å².